The van der Waals surface area contributed by atoms with Crippen LogP contribution in [0.3, 0.4) is 0 Å². The number of hydrogen-bond donors (Lipinski definition) is 2. The molecule has 2 atom stereocenters. The molecule has 8 nitrogen and oxygen atoms in total. The van der Waals surface area contributed by atoms with Gasteiger partial charge in [0, 0.05) is 23.3 Å². The Morgan fingerprint density at radius 3 is 2.44 bits per heavy atom. The van der Waals surface area contributed by atoms with E-state index >= 15 is 0 Å². The van der Waals surface area contributed by atoms with Crippen LogP contribution < -0.4 is 10.6 Å². The highest BCUT2D eigenvalue weighted by Gasteiger charge is 2.24. The molecule has 2 N–H and O–H groups in total. The molecule has 3 heterocycles. The van der Waals surface area contributed by atoms with Gasteiger partial charge in [0.1, 0.15) is 23.6 Å². The number of nitrogens with zero attached hydrogens (tertiary/aromatic N) is 6. The second-order valence-electron chi connectivity index (χ2n) is 8.96. The van der Waals surface area contributed by atoms with Crippen LogP contribution in [-0.4, -0.2) is 31.4 Å². The third kappa shape index (κ3) is 5.73. The smallest absolute Gasteiger partial charge is 0.260 e. The monoisotopic (exact) mass is 584 g/mol. The highest BCUT2D eigenvalue weighted by molar-refractivity contribution is 6.36. The Morgan fingerprint density at radius 1 is 1.00 bits per heavy atom. The van der Waals surface area contributed by atoms with Gasteiger partial charge in [-0.1, -0.05) is 28.9 Å². The van der Waals surface area contributed by atoms with Crippen molar-refractivity contribution in [2.75, 3.05) is 10.6 Å². The van der Waals surface area contributed by atoms with Crippen molar-refractivity contribution in [1.82, 2.24) is 25.0 Å². The van der Waals surface area contributed by atoms with Gasteiger partial charge in [0.05, 0.1) is 45.9 Å². The molecule has 0 aliphatic heterocycles. The van der Waals surface area contributed by atoms with Gasteiger partial charge in [-0.2, -0.15) is 9.65 Å². The Kier molecular flexibility index (Phi) is 7.67. The Labute approximate surface area is 234 Å². The molecule has 0 spiro atoms. The van der Waals surface area contributed by atoms with E-state index in [0.29, 0.717) is 22.2 Å². The summed E-state index contributed by atoms with van der Waals surface area (Å²) in [5.74, 6) is -2.95. The van der Waals surface area contributed by atoms with E-state index < -0.39 is 36.1 Å². The summed E-state index contributed by atoms with van der Waals surface area (Å²) in [7, 11) is 0. The number of aromatic nitrogens is 5. The summed E-state index contributed by atoms with van der Waals surface area (Å²) in [6, 6.07) is 9.49. The summed E-state index contributed by atoms with van der Waals surface area (Å²) >= 11 is 6.56. The van der Waals surface area contributed by atoms with E-state index in [1.165, 1.54) is 43.6 Å². The fraction of sp³-hybridized carbons (Fsp3) is 0.148. The summed E-state index contributed by atoms with van der Waals surface area (Å²) in [5.41, 5.74) is 1.82. The Hall–Kier alpha value is -4.83. The Morgan fingerprint density at radius 2 is 1.76 bits per heavy atom. The molecule has 0 aliphatic carbocycles. The molecule has 0 amide bonds. The maximum Gasteiger partial charge on any atom is 0.260 e. The zero-order valence-corrected chi connectivity index (χ0v) is 21.7. The van der Waals surface area contributed by atoms with Crippen LogP contribution in [-0.2, 0) is 0 Å². The molecule has 5 aromatic rings. The van der Waals surface area contributed by atoms with Gasteiger partial charge in [-0.15, -0.1) is 5.10 Å². The molecular formula is C27H18ClF5N8. The lowest BCUT2D eigenvalue weighted by molar-refractivity contribution is 0.0845. The molecule has 208 valence electrons. The SMILES string of the molecule is CC(C(F)F)n1cc(C(Nc2cc(Cl)c3ncc(C#N)c(Nc4cnc(F)c(F)c4)c3c2)c2ccc(F)cc2)nn1. The maximum absolute atomic E-state index is 13.8. The molecule has 41 heavy (non-hydrogen) atoms. The minimum Gasteiger partial charge on any atom is -0.373 e. The molecule has 2 aromatic carbocycles. The van der Waals surface area contributed by atoms with Gasteiger partial charge >= 0.3 is 0 Å². The minimum absolute atomic E-state index is 0.0661. The van der Waals surface area contributed by atoms with E-state index in [4.69, 9.17) is 11.6 Å². The average Bonchev–Trinajstić information content (AvgIpc) is 3.44. The number of alkyl halides is 2. The number of rotatable bonds is 8. The number of hydrogen-bond acceptors (Lipinski definition) is 7. The van der Waals surface area contributed by atoms with E-state index in [1.807, 2.05) is 6.07 Å². The van der Waals surface area contributed by atoms with E-state index in [9.17, 15) is 27.2 Å². The van der Waals surface area contributed by atoms with Gasteiger partial charge in [-0.25, -0.2) is 27.2 Å². The van der Waals surface area contributed by atoms with Gasteiger partial charge < -0.3 is 10.6 Å². The highest BCUT2D eigenvalue weighted by atomic mass is 35.5. The molecule has 0 bridgehead atoms. The molecule has 3 aromatic heterocycles. The second-order valence-corrected chi connectivity index (χ2v) is 9.37. The Bertz CT molecular complexity index is 1770. The van der Waals surface area contributed by atoms with Crippen LogP contribution in [0.2, 0.25) is 5.02 Å². The van der Waals surface area contributed by atoms with Crippen molar-refractivity contribution in [2.45, 2.75) is 25.4 Å². The number of halogens is 6. The second kappa shape index (κ2) is 11.3. The molecule has 14 heteroatoms. The zero-order chi connectivity index (χ0) is 29.3. The average molecular weight is 585 g/mol. The topological polar surface area (TPSA) is 104 Å². The number of nitrogens with one attached hydrogen (secondary N) is 2. The maximum atomic E-state index is 13.8. The number of fused-ring (bicyclic) bond motifs is 1. The van der Waals surface area contributed by atoms with Crippen LogP contribution in [0, 0.1) is 28.9 Å². The van der Waals surface area contributed by atoms with Crippen LogP contribution in [0.1, 0.15) is 35.8 Å². The molecule has 0 fully saturated rings. The molecule has 0 saturated carbocycles. The van der Waals surface area contributed by atoms with Crippen molar-refractivity contribution < 1.29 is 22.0 Å². The molecule has 0 aliphatic rings. The third-order valence-electron chi connectivity index (χ3n) is 6.23. The van der Waals surface area contributed by atoms with Crippen LogP contribution >= 0.6 is 11.6 Å². The van der Waals surface area contributed by atoms with E-state index in [2.05, 4.69) is 30.9 Å². The minimum atomic E-state index is -2.68. The number of pyridine rings is 2. The van der Waals surface area contributed by atoms with E-state index in [1.54, 1.807) is 12.1 Å². The van der Waals surface area contributed by atoms with Crippen molar-refractivity contribution in [2.24, 2.45) is 0 Å². The zero-order valence-electron chi connectivity index (χ0n) is 21.0. The normalized spacial score (nSPS) is 12.8. The van der Waals surface area contributed by atoms with Crippen molar-refractivity contribution >= 4 is 39.6 Å². The summed E-state index contributed by atoms with van der Waals surface area (Å²) in [6.07, 6.45) is 1.02. The summed E-state index contributed by atoms with van der Waals surface area (Å²) < 4.78 is 68.5. The van der Waals surface area contributed by atoms with Crippen LogP contribution in [0.15, 0.2) is 61.1 Å². The lowest BCUT2D eigenvalue weighted by Crippen LogP contribution is -2.15. The number of nitriles is 1. The third-order valence-corrected chi connectivity index (χ3v) is 6.52. The first-order valence-electron chi connectivity index (χ1n) is 12.0. The van der Waals surface area contributed by atoms with E-state index in [0.717, 1.165) is 16.9 Å². The predicted molar refractivity (Wildman–Crippen MR) is 142 cm³/mol. The molecule has 5 rings (SSSR count). The molecule has 2 unspecified atom stereocenters. The Balaban J connectivity index is 1.60. The molecule has 0 radical (unpaired) electrons. The van der Waals surface area contributed by atoms with Gasteiger partial charge in [-0.05, 0) is 36.8 Å². The lowest BCUT2D eigenvalue weighted by atomic mass is 10.0. The summed E-state index contributed by atoms with van der Waals surface area (Å²) in [6.45, 7) is 1.30. The van der Waals surface area contributed by atoms with Crippen molar-refractivity contribution in [3.8, 4) is 6.07 Å². The summed E-state index contributed by atoms with van der Waals surface area (Å²) in [5, 5.41) is 24.2. The van der Waals surface area contributed by atoms with Gasteiger partial charge in [0.2, 0.25) is 5.95 Å². The fourth-order valence-corrected chi connectivity index (χ4v) is 4.35. The fourth-order valence-electron chi connectivity index (χ4n) is 4.08. The summed E-state index contributed by atoms with van der Waals surface area (Å²) in [4.78, 5) is 7.61. The predicted octanol–water partition coefficient (Wildman–Crippen LogP) is 6.93. The first-order valence-corrected chi connectivity index (χ1v) is 12.3. The van der Waals surface area contributed by atoms with Crippen LogP contribution in [0.4, 0.5) is 39.0 Å². The van der Waals surface area contributed by atoms with Gasteiger partial charge in [-0.3, -0.25) is 4.98 Å². The van der Waals surface area contributed by atoms with Crippen molar-refractivity contribution in [1.29, 1.82) is 5.26 Å². The van der Waals surface area contributed by atoms with Crippen LogP contribution in [0.5, 0.6) is 0 Å². The first kappa shape index (κ1) is 27.7. The quantitative estimate of drug-likeness (QED) is 0.150. The molecule has 0 saturated heterocycles. The van der Waals surface area contributed by atoms with Crippen molar-refractivity contribution in [3.63, 3.8) is 0 Å². The highest BCUT2D eigenvalue weighted by Crippen LogP contribution is 2.37. The molecular weight excluding hydrogens is 567 g/mol. The van der Waals surface area contributed by atoms with E-state index in [-0.39, 0.29) is 27.7 Å². The van der Waals surface area contributed by atoms with Gasteiger partial charge in [0.25, 0.3) is 6.43 Å². The first-order chi connectivity index (χ1) is 19.6. The lowest BCUT2D eigenvalue weighted by Gasteiger charge is -2.20. The number of anilines is 3. The number of benzene rings is 2. The largest absolute Gasteiger partial charge is 0.373 e. The van der Waals surface area contributed by atoms with Gasteiger partial charge in [0.15, 0.2) is 5.82 Å². The standard InChI is InChI=1S/C27H18ClF5N8/c1-13(26(31)32)41-12-22(39-40-41)24(14-2-4-16(29)5-3-14)37-17-6-19-23(38-18-8-21(30)27(33)36-11-18)15(9-34)10-35-25(19)20(28)7-17/h2-8,10-13,24,26,37H,1H3,(H,35,38). The van der Waals surface area contributed by atoms with Crippen molar-refractivity contribution in [3.05, 3.63) is 100 Å². The van der Waals surface area contributed by atoms with Crippen LogP contribution in [0.25, 0.3) is 10.9 Å².